The van der Waals surface area contributed by atoms with Crippen LogP contribution in [0.2, 0.25) is 0 Å². The van der Waals surface area contributed by atoms with Crippen LogP contribution in [-0.2, 0) is 4.74 Å². The van der Waals surface area contributed by atoms with Gasteiger partial charge in [-0.15, -0.1) is 0 Å². The van der Waals surface area contributed by atoms with Crippen molar-refractivity contribution in [3.05, 3.63) is 0 Å². The van der Waals surface area contributed by atoms with Gasteiger partial charge in [-0.2, -0.15) is 0 Å². The smallest absolute Gasteiger partial charge is 0.158 e. The number of aliphatic hydroxyl groups is 1. The van der Waals surface area contributed by atoms with E-state index in [4.69, 9.17) is 4.74 Å². The number of alkyl halides is 1. The summed E-state index contributed by atoms with van der Waals surface area (Å²) in [5.74, 6) is 1.88. The van der Waals surface area contributed by atoms with Gasteiger partial charge in [0.2, 0.25) is 0 Å². The summed E-state index contributed by atoms with van der Waals surface area (Å²) in [6.07, 6.45) is 2.28. The van der Waals surface area contributed by atoms with Gasteiger partial charge in [0.25, 0.3) is 0 Å². The monoisotopic (exact) mass is 218 g/mol. The predicted molar refractivity (Wildman–Crippen MR) is 43.3 cm³/mol. The zero-order chi connectivity index (χ0) is 7.59. The van der Waals surface area contributed by atoms with Crippen molar-refractivity contribution in [2.24, 2.45) is 17.8 Å². The Morgan fingerprint density at radius 1 is 1.27 bits per heavy atom. The van der Waals surface area contributed by atoms with Gasteiger partial charge < -0.3 is 9.84 Å². The van der Waals surface area contributed by atoms with Crippen LogP contribution in [0.25, 0.3) is 0 Å². The Morgan fingerprint density at radius 2 is 2.00 bits per heavy atom. The number of halogens is 1. The van der Waals surface area contributed by atoms with Crippen LogP contribution in [0.15, 0.2) is 0 Å². The molecule has 2 saturated carbocycles. The van der Waals surface area contributed by atoms with Crippen LogP contribution in [0.1, 0.15) is 12.8 Å². The lowest BCUT2D eigenvalue weighted by atomic mass is 9.89. The molecule has 62 valence electrons. The molecule has 3 fully saturated rings. The maximum atomic E-state index is 9.47. The largest absolute Gasteiger partial charge is 0.368 e. The Kier molecular flexibility index (Phi) is 1.25. The molecule has 1 heterocycles. The van der Waals surface area contributed by atoms with Gasteiger partial charge in [0.1, 0.15) is 0 Å². The highest BCUT2D eigenvalue weighted by Gasteiger charge is 2.59. The first-order valence-electron chi connectivity index (χ1n) is 4.25. The normalized spacial score (nSPS) is 66.0. The van der Waals surface area contributed by atoms with Crippen LogP contribution < -0.4 is 0 Å². The Morgan fingerprint density at radius 3 is 2.64 bits per heavy atom. The van der Waals surface area contributed by atoms with E-state index in [1.165, 1.54) is 6.42 Å². The molecule has 11 heavy (non-hydrogen) atoms. The summed E-state index contributed by atoms with van der Waals surface area (Å²) in [6, 6.07) is 0. The molecule has 0 amide bonds. The second-order valence-electron chi connectivity index (χ2n) is 3.99. The summed E-state index contributed by atoms with van der Waals surface area (Å²) in [5.41, 5.74) is 0. The molecule has 0 aromatic rings. The van der Waals surface area contributed by atoms with Crippen molar-refractivity contribution in [3.63, 3.8) is 0 Å². The summed E-state index contributed by atoms with van der Waals surface area (Å²) in [4.78, 5) is 0.515. The molecule has 0 aromatic carbocycles. The first kappa shape index (κ1) is 6.87. The molecule has 5 unspecified atom stereocenters. The summed E-state index contributed by atoms with van der Waals surface area (Å²) in [6.45, 7) is 0. The first-order chi connectivity index (χ1) is 5.27. The highest BCUT2D eigenvalue weighted by atomic mass is 79.9. The molecule has 0 spiro atoms. The van der Waals surface area contributed by atoms with Gasteiger partial charge >= 0.3 is 0 Å². The van der Waals surface area contributed by atoms with E-state index in [0.29, 0.717) is 22.8 Å². The van der Waals surface area contributed by atoms with Crippen LogP contribution in [0.4, 0.5) is 0 Å². The maximum Gasteiger partial charge on any atom is 0.158 e. The molecule has 0 aromatic heterocycles. The van der Waals surface area contributed by atoms with Crippen molar-refractivity contribution in [1.29, 1.82) is 0 Å². The number of rotatable bonds is 0. The van der Waals surface area contributed by atoms with Gasteiger partial charge in [0, 0.05) is 10.7 Å². The van der Waals surface area contributed by atoms with Crippen molar-refractivity contribution in [2.75, 3.05) is 0 Å². The quantitative estimate of drug-likeness (QED) is 0.618. The topological polar surface area (TPSA) is 29.5 Å². The Bertz CT molecular complexity index is 197. The first-order valence-corrected chi connectivity index (χ1v) is 5.16. The van der Waals surface area contributed by atoms with E-state index < -0.39 is 6.29 Å². The summed E-state index contributed by atoms with van der Waals surface area (Å²) in [7, 11) is 0. The Labute approximate surface area is 74.1 Å². The van der Waals surface area contributed by atoms with E-state index >= 15 is 0 Å². The van der Waals surface area contributed by atoms with E-state index in [0.717, 1.165) is 12.3 Å². The van der Waals surface area contributed by atoms with Crippen LogP contribution in [-0.4, -0.2) is 22.3 Å². The molecule has 1 saturated heterocycles. The molecule has 1 aliphatic heterocycles. The fourth-order valence-corrected chi connectivity index (χ4v) is 4.00. The highest BCUT2D eigenvalue weighted by Crippen LogP contribution is 2.57. The van der Waals surface area contributed by atoms with Crippen molar-refractivity contribution < 1.29 is 9.84 Å². The minimum absolute atomic E-state index is 0.314. The third-order valence-electron chi connectivity index (χ3n) is 3.55. The van der Waals surface area contributed by atoms with Gasteiger partial charge in [-0.25, -0.2) is 0 Å². The van der Waals surface area contributed by atoms with E-state index in [9.17, 15) is 5.11 Å². The van der Waals surface area contributed by atoms with Gasteiger partial charge in [-0.05, 0) is 24.7 Å². The van der Waals surface area contributed by atoms with Crippen LogP contribution in [0.3, 0.4) is 0 Å². The molecule has 0 radical (unpaired) electrons. The Hall–Kier alpha value is 0.400. The summed E-state index contributed by atoms with van der Waals surface area (Å²) < 4.78 is 5.46. The molecule has 3 heteroatoms. The number of ether oxygens (including phenoxy) is 1. The van der Waals surface area contributed by atoms with Gasteiger partial charge in [0.05, 0.1) is 6.10 Å². The van der Waals surface area contributed by atoms with E-state index in [-0.39, 0.29) is 0 Å². The third kappa shape index (κ3) is 0.699. The molecule has 2 bridgehead atoms. The second kappa shape index (κ2) is 2.01. The molecular formula is C8H11BrO2. The molecular weight excluding hydrogens is 208 g/mol. The minimum atomic E-state index is -0.461. The van der Waals surface area contributed by atoms with Crippen LogP contribution >= 0.6 is 15.9 Å². The van der Waals surface area contributed by atoms with Gasteiger partial charge in [-0.3, -0.25) is 0 Å². The fourth-order valence-electron chi connectivity index (χ4n) is 3.05. The predicted octanol–water partition coefficient (Wildman–Crippen LogP) is 1.12. The molecule has 1 N–H and O–H groups in total. The molecule has 3 rings (SSSR count). The number of aliphatic hydroxyl groups excluding tert-OH is 1. The third-order valence-corrected chi connectivity index (χ3v) is 4.82. The Balaban J connectivity index is 1.98. The van der Waals surface area contributed by atoms with Gasteiger partial charge in [-0.1, -0.05) is 15.9 Å². The lowest BCUT2D eigenvalue weighted by molar-refractivity contribution is -0.0997. The van der Waals surface area contributed by atoms with Crippen molar-refractivity contribution in [1.82, 2.24) is 0 Å². The average Bonchev–Trinajstić information content (AvgIpc) is 2.53. The molecule has 3 aliphatic rings. The zero-order valence-electron chi connectivity index (χ0n) is 6.11. The number of fused-ring (bicyclic) bond motifs is 1. The summed E-state index contributed by atoms with van der Waals surface area (Å²) in [5, 5.41) is 9.47. The zero-order valence-corrected chi connectivity index (χ0v) is 7.70. The maximum absolute atomic E-state index is 9.47. The minimum Gasteiger partial charge on any atom is -0.368 e. The van der Waals surface area contributed by atoms with Gasteiger partial charge in [0.15, 0.2) is 6.29 Å². The highest BCUT2D eigenvalue weighted by molar-refractivity contribution is 9.09. The SMILES string of the molecule is O[C@@H]1OC2C(Br)C3CC2C1C3. The molecule has 2 nitrogen and oxygen atoms in total. The van der Waals surface area contributed by atoms with Crippen LogP contribution in [0.5, 0.6) is 0 Å². The summed E-state index contributed by atoms with van der Waals surface area (Å²) >= 11 is 3.64. The van der Waals surface area contributed by atoms with E-state index in [1.54, 1.807) is 0 Å². The van der Waals surface area contributed by atoms with Crippen LogP contribution in [0, 0.1) is 17.8 Å². The standard InChI is InChI=1S/C8H11BrO2/c9-6-3-1-4-5(2-3)8(10)11-7(4)6/h3-8,10H,1-2H2/t3?,4?,5?,6?,7?,8-/m1/s1. The fraction of sp³-hybridized carbons (Fsp3) is 1.00. The second-order valence-corrected chi connectivity index (χ2v) is 5.05. The average molecular weight is 219 g/mol. The molecule has 6 atom stereocenters. The van der Waals surface area contributed by atoms with Crippen molar-refractivity contribution >= 4 is 15.9 Å². The lowest BCUT2D eigenvalue weighted by Crippen LogP contribution is -2.26. The van der Waals surface area contributed by atoms with Crippen molar-refractivity contribution in [2.45, 2.75) is 30.1 Å². The molecule has 2 aliphatic carbocycles. The van der Waals surface area contributed by atoms with Crippen molar-refractivity contribution in [3.8, 4) is 0 Å². The number of hydrogen-bond acceptors (Lipinski definition) is 2. The lowest BCUT2D eigenvalue weighted by Gasteiger charge is -2.20. The van der Waals surface area contributed by atoms with E-state index in [2.05, 4.69) is 15.9 Å². The number of hydrogen-bond donors (Lipinski definition) is 1. The van der Waals surface area contributed by atoms with E-state index in [1.807, 2.05) is 0 Å².